The van der Waals surface area contributed by atoms with Crippen molar-refractivity contribution in [3.63, 3.8) is 0 Å². The second-order valence-corrected chi connectivity index (χ2v) is 7.88. The minimum Gasteiger partial charge on any atom is -0.354 e. The van der Waals surface area contributed by atoms with E-state index in [2.05, 4.69) is 22.7 Å². The predicted molar refractivity (Wildman–Crippen MR) is 116 cm³/mol. The van der Waals surface area contributed by atoms with Gasteiger partial charge < -0.3 is 10.6 Å². The lowest BCUT2D eigenvalue weighted by Crippen LogP contribution is -2.60. The van der Waals surface area contributed by atoms with Crippen LogP contribution >= 0.6 is 0 Å². The summed E-state index contributed by atoms with van der Waals surface area (Å²) in [6, 6.07) is 12.5. The fraction of sp³-hybridized carbons (Fsp3) is 0.478. The van der Waals surface area contributed by atoms with Crippen molar-refractivity contribution < 1.29 is 9.59 Å². The number of hydrogen-bond donors (Lipinski definition) is 2. The number of nitrogens with one attached hydrogen (secondary N) is 2. The van der Waals surface area contributed by atoms with Gasteiger partial charge in [0.15, 0.2) is 0 Å². The Morgan fingerprint density at radius 3 is 2.50 bits per heavy atom. The number of benzene rings is 1. The largest absolute Gasteiger partial charge is 0.354 e. The zero-order valence-corrected chi connectivity index (χ0v) is 17.5. The Hall–Kier alpha value is -2.96. The number of rotatable bonds is 8. The van der Waals surface area contributed by atoms with E-state index >= 15 is 0 Å². The molecular formula is C23H30N4O3. The molecule has 7 heteroatoms. The molecule has 0 aliphatic heterocycles. The van der Waals surface area contributed by atoms with Crippen molar-refractivity contribution in [1.82, 2.24) is 20.4 Å². The van der Waals surface area contributed by atoms with Crippen LogP contribution in [-0.4, -0.2) is 33.7 Å². The van der Waals surface area contributed by atoms with Crippen LogP contribution in [0.3, 0.4) is 0 Å². The quantitative estimate of drug-likeness (QED) is 0.655. The van der Waals surface area contributed by atoms with Gasteiger partial charge in [-0.05, 0) is 25.3 Å². The molecule has 0 atom stereocenters. The fourth-order valence-corrected chi connectivity index (χ4v) is 3.88. The van der Waals surface area contributed by atoms with Gasteiger partial charge in [-0.1, -0.05) is 62.9 Å². The molecule has 2 aromatic rings. The van der Waals surface area contributed by atoms with Crippen molar-refractivity contribution in [2.45, 2.75) is 64.0 Å². The summed E-state index contributed by atoms with van der Waals surface area (Å²) < 4.78 is 1.16. The number of aromatic nitrogens is 2. The van der Waals surface area contributed by atoms with Gasteiger partial charge in [-0.15, -0.1) is 0 Å². The average molecular weight is 411 g/mol. The van der Waals surface area contributed by atoms with Gasteiger partial charge in [-0.2, -0.15) is 5.10 Å². The third-order valence-electron chi connectivity index (χ3n) is 5.57. The van der Waals surface area contributed by atoms with Gasteiger partial charge in [0.1, 0.15) is 12.1 Å². The number of hydrogen-bond acceptors (Lipinski definition) is 4. The summed E-state index contributed by atoms with van der Waals surface area (Å²) in [6.07, 6.45) is 5.96. The van der Waals surface area contributed by atoms with E-state index in [1.807, 2.05) is 30.3 Å². The summed E-state index contributed by atoms with van der Waals surface area (Å²) in [5.41, 5.74) is 0.234. The summed E-state index contributed by atoms with van der Waals surface area (Å²) >= 11 is 0. The number of amides is 2. The molecule has 0 unspecified atom stereocenters. The highest BCUT2D eigenvalue weighted by molar-refractivity contribution is 5.91. The minimum atomic E-state index is -0.899. The third-order valence-corrected chi connectivity index (χ3v) is 5.57. The average Bonchev–Trinajstić information content (AvgIpc) is 2.76. The zero-order valence-electron chi connectivity index (χ0n) is 17.5. The highest BCUT2D eigenvalue weighted by Crippen LogP contribution is 2.28. The van der Waals surface area contributed by atoms with Crippen LogP contribution in [0.1, 0.15) is 51.9 Å². The molecule has 1 aromatic heterocycles. The molecule has 1 saturated carbocycles. The first-order valence-corrected chi connectivity index (χ1v) is 10.8. The van der Waals surface area contributed by atoms with Crippen LogP contribution in [0.5, 0.6) is 0 Å². The summed E-state index contributed by atoms with van der Waals surface area (Å²) in [5.74, 6) is -0.496. The van der Waals surface area contributed by atoms with Crippen LogP contribution < -0.4 is 16.2 Å². The van der Waals surface area contributed by atoms with Crippen LogP contribution in [0, 0.1) is 0 Å². The molecular weight excluding hydrogens is 380 g/mol. The van der Waals surface area contributed by atoms with Gasteiger partial charge >= 0.3 is 0 Å². The van der Waals surface area contributed by atoms with Gasteiger partial charge in [-0.3, -0.25) is 14.4 Å². The molecule has 1 fully saturated rings. The molecule has 7 nitrogen and oxygen atoms in total. The van der Waals surface area contributed by atoms with Crippen molar-refractivity contribution in [1.29, 1.82) is 0 Å². The topological polar surface area (TPSA) is 93.1 Å². The Bertz CT molecular complexity index is 918. The van der Waals surface area contributed by atoms with Gasteiger partial charge in [0.25, 0.3) is 5.56 Å². The Balaban J connectivity index is 1.74. The highest BCUT2D eigenvalue weighted by Gasteiger charge is 2.40. The molecule has 0 bridgehead atoms. The molecule has 2 amide bonds. The number of unbranched alkanes of at least 4 members (excludes halogenated alkanes) is 1. The second kappa shape index (κ2) is 10.2. The lowest BCUT2D eigenvalue weighted by Gasteiger charge is -2.36. The monoisotopic (exact) mass is 410 g/mol. The SMILES string of the molecule is CCCCNC(=O)C1(NC(=O)Cn2nc(-c3ccccc3)ccc2=O)CCCCC1. The summed E-state index contributed by atoms with van der Waals surface area (Å²) in [5, 5.41) is 10.3. The molecule has 1 aliphatic rings. The molecule has 0 radical (unpaired) electrons. The van der Waals surface area contributed by atoms with Crippen molar-refractivity contribution in [3.05, 3.63) is 52.8 Å². The van der Waals surface area contributed by atoms with Crippen LogP contribution in [0.2, 0.25) is 0 Å². The van der Waals surface area contributed by atoms with E-state index in [1.165, 1.54) is 6.07 Å². The van der Waals surface area contributed by atoms with E-state index in [1.54, 1.807) is 6.07 Å². The Morgan fingerprint density at radius 2 is 1.80 bits per heavy atom. The van der Waals surface area contributed by atoms with Crippen LogP contribution in [0.25, 0.3) is 11.3 Å². The molecule has 30 heavy (non-hydrogen) atoms. The maximum atomic E-state index is 12.9. The van der Waals surface area contributed by atoms with Crippen LogP contribution in [-0.2, 0) is 16.1 Å². The summed E-state index contributed by atoms with van der Waals surface area (Å²) in [4.78, 5) is 38.0. The normalized spacial score (nSPS) is 15.4. The van der Waals surface area contributed by atoms with Gasteiger partial charge in [0, 0.05) is 18.2 Å². The zero-order chi connectivity index (χ0) is 21.4. The molecule has 160 valence electrons. The summed E-state index contributed by atoms with van der Waals surface area (Å²) in [7, 11) is 0. The first-order chi connectivity index (χ1) is 14.5. The molecule has 1 heterocycles. The second-order valence-electron chi connectivity index (χ2n) is 7.88. The van der Waals surface area contributed by atoms with Crippen molar-refractivity contribution >= 4 is 11.8 Å². The summed E-state index contributed by atoms with van der Waals surface area (Å²) in [6.45, 7) is 2.45. The third kappa shape index (κ3) is 5.34. The van der Waals surface area contributed by atoms with Gasteiger partial charge in [0.05, 0.1) is 5.69 Å². The molecule has 0 spiro atoms. The maximum Gasteiger partial charge on any atom is 0.267 e. The number of carbonyl (C=O) groups is 2. The molecule has 0 saturated heterocycles. The van der Waals surface area contributed by atoms with Crippen LogP contribution in [0.15, 0.2) is 47.3 Å². The van der Waals surface area contributed by atoms with E-state index in [0.717, 1.165) is 42.3 Å². The molecule has 2 N–H and O–H groups in total. The van der Waals surface area contributed by atoms with Crippen molar-refractivity contribution in [2.75, 3.05) is 6.54 Å². The van der Waals surface area contributed by atoms with E-state index in [9.17, 15) is 14.4 Å². The van der Waals surface area contributed by atoms with E-state index in [4.69, 9.17) is 0 Å². The smallest absolute Gasteiger partial charge is 0.267 e. The van der Waals surface area contributed by atoms with E-state index < -0.39 is 5.54 Å². The maximum absolute atomic E-state index is 12.9. The highest BCUT2D eigenvalue weighted by atomic mass is 16.2. The Kier molecular flexibility index (Phi) is 7.38. The standard InChI is InChI=1S/C23H30N4O3/c1-2-3-16-24-22(30)23(14-8-5-9-15-23)25-20(28)17-27-21(29)13-12-19(26-27)18-10-6-4-7-11-18/h4,6-7,10-13H,2-3,5,8-9,14-17H2,1H3,(H,24,30)(H,25,28). The lowest BCUT2D eigenvalue weighted by atomic mass is 9.80. The minimum absolute atomic E-state index is 0.123. The van der Waals surface area contributed by atoms with E-state index in [0.29, 0.717) is 25.1 Å². The Morgan fingerprint density at radius 1 is 1.07 bits per heavy atom. The number of nitrogens with zero attached hydrogens (tertiary/aromatic N) is 2. The fourth-order valence-electron chi connectivity index (χ4n) is 3.88. The molecule has 1 aromatic carbocycles. The van der Waals surface area contributed by atoms with Gasteiger partial charge in [-0.25, -0.2) is 4.68 Å². The molecule has 1 aliphatic carbocycles. The Labute approximate surface area is 176 Å². The predicted octanol–water partition coefficient (Wildman–Crippen LogP) is 2.65. The van der Waals surface area contributed by atoms with Crippen LogP contribution in [0.4, 0.5) is 0 Å². The first-order valence-electron chi connectivity index (χ1n) is 10.8. The van der Waals surface area contributed by atoms with Crippen molar-refractivity contribution in [3.8, 4) is 11.3 Å². The van der Waals surface area contributed by atoms with Gasteiger partial charge in [0.2, 0.25) is 11.8 Å². The van der Waals surface area contributed by atoms with E-state index in [-0.39, 0.29) is 23.9 Å². The first kappa shape index (κ1) is 21.7. The number of carbonyl (C=O) groups excluding carboxylic acids is 2. The lowest BCUT2D eigenvalue weighted by molar-refractivity contribution is -0.135. The molecule has 3 rings (SSSR count). The van der Waals surface area contributed by atoms with Crippen molar-refractivity contribution in [2.24, 2.45) is 0 Å².